The number of nitrogens with one attached hydrogen (secondary N) is 2. The Hall–Kier alpha value is -2.99. The number of hydrogen-bond acceptors (Lipinski definition) is 4. The summed E-state index contributed by atoms with van der Waals surface area (Å²) in [6.45, 7) is 1.82. The second kappa shape index (κ2) is 7.27. The monoisotopic (exact) mass is 356 g/mol. The van der Waals surface area contributed by atoms with Gasteiger partial charge in [0, 0.05) is 16.4 Å². The highest BCUT2D eigenvalue weighted by molar-refractivity contribution is 6.31. The second-order valence-corrected chi connectivity index (χ2v) is 5.71. The van der Waals surface area contributed by atoms with Gasteiger partial charge in [-0.25, -0.2) is 4.39 Å². The minimum Gasteiger partial charge on any atom is -0.339 e. The lowest BCUT2D eigenvalue weighted by Crippen LogP contribution is -2.15. The van der Waals surface area contributed by atoms with Crippen molar-refractivity contribution in [3.8, 4) is 0 Å². The van der Waals surface area contributed by atoms with E-state index in [1.807, 2.05) is 6.92 Å². The average molecular weight is 357 g/mol. The summed E-state index contributed by atoms with van der Waals surface area (Å²) in [5, 5.41) is 14.2. The summed E-state index contributed by atoms with van der Waals surface area (Å²) in [5.74, 6) is -0.256. The van der Waals surface area contributed by atoms with Crippen LogP contribution in [-0.4, -0.2) is 16.1 Å². The molecule has 0 aliphatic heterocycles. The standard InChI is InChI=1S/C18H14ClFN4O/c1-11-14(19)3-2-4-15(11)22-18(25)16-9-10-17(24-23-16)21-13-7-5-12(20)6-8-13/h2-10H,1H3,(H,21,24)(H,22,25). The third-order valence-corrected chi connectivity index (χ3v) is 3.94. The van der Waals surface area contributed by atoms with Crippen LogP contribution in [0.1, 0.15) is 16.1 Å². The van der Waals surface area contributed by atoms with Crippen LogP contribution in [0.4, 0.5) is 21.6 Å². The molecule has 126 valence electrons. The van der Waals surface area contributed by atoms with Gasteiger partial charge in [0.05, 0.1) is 0 Å². The Balaban J connectivity index is 1.70. The van der Waals surface area contributed by atoms with Crippen molar-refractivity contribution in [1.82, 2.24) is 10.2 Å². The number of hydrogen-bond donors (Lipinski definition) is 2. The first-order valence-corrected chi connectivity index (χ1v) is 7.83. The Kier molecular flexibility index (Phi) is 4.90. The predicted molar refractivity (Wildman–Crippen MR) is 95.9 cm³/mol. The molecule has 5 nitrogen and oxygen atoms in total. The van der Waals surface area contributed by atoms with Crippen molar-refractivity contribution in [3.63, 3.8) is 0 Å². The van der Waals surface area contributed by atoms with Gasteiger partial charge < -0.3 is 10.6 Å². The molecule has 0 atom stereocenters. The highest BCUT2D eigenvalue weighted by Gasteiger charge is 2.11. The Bertz CT molecular complexity index is 898. The van der Waals surface area contributed by atoms with Crippen LogP contribution in [0.2, 0.25) is 5.02 Å². The van der Waals surface area contributed by atoms with Gasteiger partial charge in [-0.05, 0) is 61.0 Å². The lowest BCUT2D eigenvalue weighted by Gasteiger charge is -2.09. The van der Waals surface area contributed by atoms with E-state index in [1.54, 1.807) is 42.5 Å². The minimum atomic E-state index is -0.383. The number of nitrogens with zero attached hydrogens (tertiary/aromatic N) is 2. The zero-order valence-corrected chi connectivity index (χ0v) is 14.0. The van der Waals surface area contributed by atoms with E-state index in [-0.39, 0.29) is 17.4 Å². The largest absolute Gasteiger partial charge is 0.339 e. The van der Waals surface area contributed by atoms with Crippen molar-refractivity contribution in [1.29, 1.82) is 0 Å². The van der Waals surface area contributed by atoms with E-state index in [9.17, 15) is 9.18 Å². The third kappa shape index (κ3) is 4.10. The second-order valence-electron chi connectivity index (χ2n) is 5.30. The summed E-state index contributed by atoms with van der Waals surface area (Å²) in [7, 11) is 0. The van der Waals surface area contributed by atoms with Gasteiger partial charge >= 0.3 is 0 Å². The molecule has 1 aromatic heterocycles. The number of carbonyl (C=O) groups excluding carboxylic acids is 1. The molecule has 0 spiro atoms. The van der Waals surface area contributed by atoms with Crippen molar-refractivity contribution in [3.05, 3.63) is 76.7 Å². The van der Waals surface area contributed by atoms with Crippen molar-refractivity contribution in [2.45, 2.75) is 6.92 Å². The molecular formula is C18H14ClFN4O. The fraction of sp³-hybridized carbons (Fsp3) is 0.0556. The number of anilines is 3. The van der Waals surface area contributed by atoms with E-state index in [0.29, 0.717) is 22.2 Å². The lowest BCUT2D eigenvalue weighted by molar-refractivity contribution is 0.102. The van der Waals surface area contributed by atoms with Gasteiger partial charge in [0.2, 0.25) is 0 Å². The molecule has 7 heteroatoms. The van der Waals surface area contributed by atoms with E-state index in [0.717, 1.165) is 5.56 Å². The quantitative estimate of drug-likeness (QED) is 0.718. The number of benzene rings is 2. The molecule has 0 fully saturated rings. The number of carbonyl (C=O) groups is 1. The highest BCUT2D eigenvalue weighted by Crippen LogP contribution is 2.23. The Labute approximate surface area is 148 Å². The smallest absolute Gasteiger partial charge is 0.276 e. The SMILES string of the molecule is Cc1c(Cl)cccc1NC(=O)c1ccc(Nc2ccc(F)cc2)nn1. The molecule has 0 radical (unpaired) electrons. The average Bonchev–Trinajstić information content (AvgIpc) is 2.61. The third-order valence-electron chi connectivity index (χ3n) is 3.53. The predicted octanol–water partition coefficient (Wildman–Crippen LogP) is 4.57. The fourth-order valence-electron chi connectivity index (χ4n) is 2.13. The summed E-state index contributed by atoms with van der Waals surface area (Å²) in [5.41, 5.74) is 2.24. The Morgan fingerprint density at radius 3 is 2.48 bits per heavy atom. The van der Waals surface area contributed by atoms with Gasteiger partial charge in [-0.3, -0.25) is 4.79 Å². The number of aromatic nitrogens is 2. The summed E-state index contributed by atoms with van der Waals surface area (Å²) in [6.07, 6.45) is 0. The van der Waals surface area contributed by atoms with Crippen molar-refractivity contribution < 1.29 is 9.18 Å². The van der Waals surface area contributed by atoms with E-state index in [4.69, 9.17) is 11.6 Å². The van der Waals surface area contributed by atoms with Gasteiger partial charge in [-0.2, -0.15) is 0 Å². The first kappa shape index (κ1) is 16.9. The van der Waals surface area contributed by atoms with Crippen LogP contribution in [0.25, 0.3) is 0 Å². The Morgan fingerprint density at radius 1 is 1.04 bits per heavy atom. The zero-order valence-electron chi connectivity index (χ0n) is 13.3. The lowest BCUT2D eigenvalue weighted by atomic mass is 10.2. The van der Waals surface area contributed by atoms with Crippen molar-refractivity contribution in [2.24, 2.45) is 0 Å². The summed E-state index contributed by atoms with van der Waals surface area (Å²) in [6, 6.07) is 14.3. The minimum absolute atomic E-state index is 0.170. The van der Waals surface area contributed by atoms with Crippen molar-refractivity contribution in [2.75, 3.05) is 10.6 Å². The van der Waals surface area contributed by atoms with E-state index in [1.165, 1.54) is 12.1 Å². The van der Waals surface area contributed by atoms with Gasteiger partial charge in [-0.15, -0.1) is 10.2 Å². The zero-order chi connectivity index (χ0) is 17.8. The summed E-state index contributed by atoms with van der Waals surface area (Å²) in [4.78, 5) is 12.3. The van der Waals surface area contributed by atoms with Crippen LogP contribution >= 0.6 is 11.6 Å². The van der Waals surface area contributed by atoms with Crippen molar-refractivity contribution >= 4 is 34.7 Å². The molecule has 0 saturated heterocycles. The number of halogens is 2. The van der Waals surface area contributed by atoms with Gasteiger partial charge in [0.15, 0.2) is 11.5 Å². The molecular weight excluding hydrogens is 343 g/mol. The normalized spacial score (nSPS) is 10.4. The maximum Gasteiger partial charge on any atom is 0.276 e. The first-order chi connectivity index (χ1) is 12.0. The molecule has 3 rings (SSSR count). The maximum atomic E-state index is 12.9. The molecule has 0 unspecified atom stereocenters. The molecule has 3 aromatic rings. The van der Waals surface area contributed by atoms with Crippen LogP contribution in [-0.2, 0) is 0 Å². The Morgan fingerprint density at radius 2 is 1.80 bits per heavy atom. The molecule has 0 saturated carbocycles. The molecule has 0 aliphatic carbocycles. The van der Waals surface area contributed by atoms with E-state index in [2.05, 4.69) is 20.8 Å². The summed E-state index contributed by atoms with van der Waals surface area (Å²) >= 11 is 6.04. The fourth-order valence-corrected chi connectivity index (χ4v) is 2.30. The maximum absolute atomic E-state index is 12.9. The van der Waals surface area contributed by atoms with Crippen LogP contribution < -0.4 is 10.6 Å². The molecule has 25 heavy (non-hydrogen) atoms. The van der Waals surface area contributed by atoms with Crippen LogP contribution in [0, 0.1) is 12.7 Å². The molecule has 0 aliphatic rings. The topological polar surface area (TPSA) is 66.9 Å². The number of amides is 1. The van der Waals surface area contributed by atoms with Gasteiger partial charge in [-0.1, -0.05) is 17.7 Å². The molecule has 2 aromatic carbocycles. The first-order valence-electron chi connectivity index (χ1n) is 7.46. The van der Waals surface area contributed by atoms with Crippen LogP contribution in [0.15, 0.2) is 54.6 Å². The van der Waals surface area contributed by atoms with Gasteiger partial charge in [0.1, 0.15) is 5.82 Å². The molecule has 1 amide bonds. The van der Waals surface area contributed by atoms with E-state index < -0.39 is 0 Å². The molecule has 0 bridgehead atoms. The molecule has 1 heterocycles. The molecule has 2 N–H and O–H groups in total. The highest BCUT2D eigenvalue weighted by atomic mass is 35.5. The van der Waals surface area contributed by atoms with E-state index >= 15 is 0 Å². The summed E-state index contributed by atoms with van der Waals surface area (Å²) < 4.78 is 12.9. The van der Waals surface area contributed by atoms with Crippen LogP contribution in [0.5, 0.6) is 0 Å². The number of rotatable bonds is 4. The van der Waals surface area contributed by atoms with Crippen LogP contribution in [0.3, 0.4) is 0 Å². The van der Waals surface area contributed by atoms with Gasteiger partial charge in [0.25, 0.3) is 5.91 Å².